The van der Waals surface area contributed by atoms with E-state index in [0.717, 1.165) is 21.5 Å². The van der Waals surface area contributed by atoms with E-state index in [1.165, 1.54) is 9.40 Å². The Kier molecular flexibility index (Phi) is 2.90. The van der Waals surface area contributed by atoms with Crippen LogP contribution in [0.1, 0.15) is 15.4 Å². The minimum absolute atomic E-state index is 0.146. The quantitative estimate of drug-likeness (QED) is 0.529. The molecule has 0 fully saturated rings. The maximum Gasteiger partial charge on any atom is 0.178 e. The van der Waals surface area contributed by atoms with E-state index >= 15 is 0 Å². The van der Waals surface area contributed by atoms with Gasteiger partial charge in [-0.1, -0.05) is 18.2 Å². The molecule has 0 bridgehead atoms. The molecule has 4 aromatic rings. The molecular weight excluding hydrogens is 300 g/mol. The summed E-state index contributed by atoms with van der Waals surface area (Å²) in [5, 5.41) is 7.62. The number of carbonyl (C=O) groups is 1. The lowest BCUT2D eigenvalue weighted by atomic mass is 10.1. The number of benzene rings is 1. The molecule has 104 valence electrons. The van der Waals surface area contributed by atoms with Crippen LogP contribution in [0.25, 0.3) is 20.3 Å². The van der Waals surface area contributed by atoms with Gasteiger partial charge < -0.3 is 0 Å². The Bertz CT molecular complexity index is 933. The van der Waals surface area contributed by atoms with Gasteiger partial charge >= 0.3 is 0 Å². The third kappa shape index (κ3) is 2.09. The van der Waals surface area contributed by atoms with Crippen LogP contribution in [-0.4, -0.2) is 15.6 Å². The number of aromatic nitrogens is 2. The molecule has 21 heavy (non-hydrogen) atoms. The number of ketones is 1. The molecule has 3 aromatic heterocycles. The number of Topliss-reactive ketones (excluding diaryl/α,β-unsaturated/α-hetero) is 1. The maximum atomic E-state index is 12.5. The highest BCUT2D eigenvalue weighted by Gasteiger charge is 2.16. The topological polar surface area (TPSA) is 34.9 Å². The van der Waals surface area contributed by atoms with Crippen LogP contribution in [-0.2, 0) is 13.5 Å². The second-order valence-corrected chi connectivity index (χ2v) is 6.98. The monoisotopic (exact) mass is 312 g/mol. The highest BCUT2D eigenvalue weighted by molar-refractivity contribution is 7.27. The second-order valence-electron chi connectivity index (χ2n) is 4.95. The Morgan fingerprint density at radius 2 is 2.10 bits per heavy atom. The molecule has 5 heteroatoms. The first-order valence-electron chi connectivity index (χ1n) is 6.63. The lowest BCUT2D eigenvalue weighted by Crippen LogP contribution is -2.02. The number of fused-ring (bicyclic) bond motifs is 2. The van der Waals surface area contributed by atoms with Crippen LogP contribution < -0.4 is 0 Å². The van der Waals surface area contributed by atoms with Gasteiger partial charge in [0.2, 0.25) is 0 Å². The van der Waals surface area contributed by atoms with Gasteiger partial charge in [0.1, 0.15) is 0 Å². The van der Waals surface area contributed by atoms with Gasteiger partial charge in [0.15, 0.2) is 5.78 Å². The van der Waals surface area contributed by atoms with E-state index in [9.17, 15) is 4.79 Å². The molecule has 1 aromatic carbocycles. The van der Waals surface area contributed by atoms with Gasteiger partial charge in [0, 0.05) is 21.8 Å². The molecule has 0 aliphatic rings. The molecule has 4 rings (SSSR count). The van der Waals surface area contributed by atoms with Gasteiger partial charge in [0.25, 0.3) is 0 Å². The Balaban J connectivity index is 1.71. The van der Waals surface area contributed by atoms with E-state index in [2.05, 4.69) is 16.5 Å². The SMILES string of the molecule is Cn1nc(CC(=O)c2cc3sccc3s2)c2ccccc21. The van der Waals surface area contributed by atoms with Crippen molar-refractivity contribution in [2.45, 2.75) is 6.42 Å². The van der Waals surface area contributed by atoms with Crippen LogP contribution in [0.3, 0.4) is 0 Å². The summed E-state index contributed by atoms with van der Waals surface area (Å²) in [6.45, 7) is 0. The normalized spacial score (nSPS) is 11.5. The summed E-state index contributed by atoms with van der Waals surface area (Å²) in [7, 11) is 1.91. The van der Waals surface area contributed by atoms with Crippen molar-refractivity contribution in [3.63, 3.8) is 0 Å². The molecule has 0 N–H and O–H groups in total. The summed E-state index contributed by atoms with van der Waals surface area (Å²) in [4.78, 5) is 13.3. The third-order valence-corrected chi connectivity index (χ3v) is 5.71. The van der Waals surface area contributed by atoms with Crippen LogP contribution in [0.2, 0.25) is 0 Å². The lowest BCUT2D eigenvalue weighted by molar-refractivity contribution is 0.0996. The first-order valence-corrected chi connectivity index (χ1v) is 8.33. The average Bonchev–Trinajstić information content (AvgIpc) is 3.14. The number of hydrogen-bond acceptors (Lipinski definition) is 4. The van der Waals surface area contributed by atoms with Gasteiger partial charge in [-0.05, 0) is 23.6 Å². The predicted molar refractivity (Wildman–Crippen MR) is 88.5 cm³/mol. The summed E-state index contributed by atoms with van der Waals surface area (Å²) < 4.78 is 4.22. The molecule has 0 aliphatic carbocycles. The van der Waals surface area contributed by atoms with E-state index in [4.69, 9.17) is 0 Å². The molecule has 0 atom stereocenters. The Morgan fingerprint density at radius 3 is 2.95 bits per heavy atom. The van der Waals surface area contributed by atoms with Crippen LogP contribution in [0.5, 0.6) is 0 Å². The number of thiophene rings is 2. The Labute approximate surface area is 129 Å². The van der Waals surface area contributed by atoms with Gasteiger partial charge in [-0.3, -0.25) is 9.48 Å². The molecule has 0 radical (unpaired) electrons. The molecular formula is C16H12N2OS2. The smallest absolute Gasteiger partial charge is 0.178 e. The molecule has 0 saturated heterocycles. The number of rotatable bonds is 3. The van der Waals surface area contributed by atoms with Crippen molar-refractivity contribution in [2.75, 3.05) is 0 Å². The zero-order valence-electron chi connectivity index (χ0n) is 11.4. The van der Waals surface area contributed by atoms with E-state index < -0.39 is 0 Å². The van der Waals surface area contributed by atoms with Gasteiger partial charge in [0.05, 0.1) is 22.5 Å². The van der Waals surface area contributed by atoms with Crippen molar-refractivity contribution in [2.24, 2.45) is 7.05 Å². The van der Waals surface area contributed by atoms with Crippen LogP contribution in [0.15, 0.2) is 41.8 Å². The first kappa shape index (κ1) is 12.7. The number of aryl methyl sites for hydroxylation is 1. The van der Waals surface area contributed by atoms with Crippen LogP contribution >= 0.6 is 22.7 Å². The maximum absolute atomic E-state index is 12.5. The van der Waals surface area contributed by atoms with Crippen LogP contribution in [0.4, 0.5) is 0 Å². The van der Waals surface area contributed by atoms with Crippen molar-refractivity contribution < 1.29 is 4.79 Å². The molecule has 3 nitrogen and oxygen atoms in total. The molecule has 0 spiro atoms. The number of para-hydroxylation sites is 1. The van der Waals surface area contributed by atoms with Crippen molar-refractivity contribution in [3.05, 3.63) is 52.3 Å². The zero-order valence-corrected chi connectivity index (χ0v) is 13.0. The fraction of sp³-hybridized carbons (Fsp3) is 0.125. The lowest BCUT2D eigenvalue weighted by Gasteiger charge is -1.95. The van der Waals surface area contributed by atoms with Crippen molar-refractivity contribution in [1.82, 2.24) is 9.78 Å². The fourth-order valence-corrected chi connectivity index (χ4v) is 4.61. The largest absolute Gasteiger partial charge is 0.293 e. The standard InChI is InChI=1S/C16H12N2OS2/c1-18-12-5-3-2-4-10(12)11(17-18)8-13(19)15-9-16-14(21-15)6-7-20-16/h2-7,9H,8H2,1H3. The zero-order chi connectivity index (χ0) is 14.4. The highest BCUT2D eigenvalue weighted by atomic mass is 32.1. The van der Waals surface area contributed by atoms with Crippen molar-refractivity contribution in [1.29, 1.82) is 0 Å². The van der Waals surface area contributed by atoms with Crippen molar-refractivity contribution >= 4 is 48.8 Å². The fourth-order valence-electron chi connectivity index (χ4n) is 2.56. The minimum atomic E-state index is 0.146. The number of carbonyl (C=O) groups excluding carboxylic acids is 1. The second kappa shape index (κ2) is 4.79. The van der Waals surface area contributed by atoms with E-state index in [-0.39, 0.29) is 5.78 Å². The summed E-state index contributed by atoms with van der Waals surface area (Å²) in [6, 6.07) is 12.1. The van der Waals surface area contributed by atoms with E-state index in [0.29, 0.717) is 6.42 Å². The molecule has 0 amide bonds. The molecule has 0 aliphatic heterocycles. The van der Waals surface area contributed by atoms with E-state index in [1.54, 1.807) is 22.7 Å². The molecule has 0 unspecified atom stereocenters. The van der Waals surface area contributed by atoms with Gasteiger partial charge in [-0.2, -0.15) is 5.10 Å². The average molecular weight is 312 g/mol. The molecule has 0 saturated carbocycles. The van der Waals surface area contributed by atoms with Gasteiger partial charge in [-0.25, -0.2) is 0 Å². The number of hydrogen-bond donors (Lipinski definition) is 0. The predicted octanol–water partition coefficient (Wildman–Crippen LogP) is 4.27. The molecule has 3 heterocycles. The Hall–Kier alpha value is -1.98. The first-order chi connectivity index (χ1) is 10.2. The van der Waals surface area contributed by atoms with Gasteiger partial charge in [-0.15, -0.1) is 22.7 Å². The summed E-state index contributed by atoms with van der Waals surface area (Å²) >= 11 is 3.25. The Morgan fingerprint density at radius 1 is 1.24 bits per heavy atom. The number of nitrogens with zero attached hydrogens (tertiary/aromatic N) is 2. The minimum Gasteiger partial charge on any atom is -0.293 e. The summed E-state index contributed by atoms with van der Waals surface area (Å²) in [5.41, 5.74) is 1.92. The third-order valence-electron chi connectivity index (χ3n) is 3.58. The van der Waals surface area contributed by atoms with Crippen molar-refractivity contribution in [3.8, 4) is 0 Å². The summed E-state index contributed by atoms with van der Waals surface area (Å²) in [5.74, 6) is 0.146. The van der Waals surface area contributed by atoms with E-state index in [1.807, 2.05) is 42.1 Å². The highest BCUT2D eigenvalue weighted by Crippen LogP contribution is 2.31. The van der Waals surface area contributed by atoms with Crippen LogP contribution in [0, 0.1) is 0 Å². The summed E-state index contributed by atoms with van der Waals surface area (Å²) in [6.07, 6.45) is 0.356.